The number of ether oxygens (including phenoxy) is 1. The lowest BCUT2D eigenvalue weighted by molar-refractivity contribution is -0.0000485. The number of ketones is 1. The molecule has 2 heterocycles. The summed E-state index contributed by atoms with van der Waals surface area (Å²) >= 11 is 0. The van der Waals surface area contributed by atoms with Gasteiger partial charge in [-0.05, 0) is 25.2 Å². The summed E-state index contributed by atoms with van der Waals surface area (Å²) in [6.07, 6.45) is 2.38. The van der Waals surface area contributed by atoms with Crippen LogP contribution in [0.25, 0.3) is 0 Å². The van der Waals surface area contributed by atoms with Crippen LogP contribution in [-0.2, 0) is 0 Å². The summed E-state index contributed by atoms with van der Waals surface area (Å²) in [5.74, 6) is 0.990. The second-order valence-corrected chi connectivity index (χ2v) is 4.63. The lowest BCUT2D eigenvalue weighted by atomic mass is 9.83. The fourth-order valence-electron chi connectivity index (χ4n) is 2.60. The maximum Gasteiger partial charge on any atom is 1.00 e. The molecule has 2 aliphatic heterocycles. The Morgan fingerprint density at radius 1 is 1.24 bits per heavy atom. The van der Waals surface area contributed by atoms with E-state index in [9.17, 15) is 4.79 Å². The molecule has 0 unspecified atom stereocenters. The summed E-state index contributed by atoms with van der Waals surface area (Å²) in [4.78, 5) is 12.1. The van der Waals surface area contributed by atoms with Crippen LogP contribution in [-0.4, -0.2) is 24.5 Å². The Bertz CT molecular complexity index is 433. The van der Waals surface area contributed by atoms with Crippen molar-refractivity contribution in [3.05, 3.63) is 29.8 Å². The molecule has 0 radical (unpaired) electrons. The minimum absolute atomic E-state index is 0. The Balaban J connectivity index is 0.000000810. The highest BCUT2D eigenvalue weighted by atomic mass is 35.5. The van der Waals surface area contributed by atoms with Gasteiger partial charge in [0.05, 0.1) is 12.0 Å². The fourth-order valence-corrected chi connectivity index (χ4v) is 2.60. The zero-order valence-electron chi connectivity index (χ0n) is 10.5. The predicted molar refractivity (Wildman–Crippen MR) is 62.0 cm³/mol. The normalized spacial score (nSPS) is 21.3. The lowest BCUT2D eigenvalue weighted by Gasteiger charge is -2.40. The van der Waals surface area contributed by atoms with E-state index in [1.54, 1.807) is 0 Å². The Kier molecular flexibility index (Phi) is 3.40. The third-order valence-corrected chi connectivity index (χ3v) is 3.51. The van der Waals surface area contributed by atoms with Crippen molar-refractivity contribution in [2.75, 3.05) is 13.1 Å². The van der Waals surface area contributed by atoms with E-state index in [1.165, 1.54) is 0 Å². The van der Waals surface area contributed by atoms with Gasteiger partial charge in [0.25, 0.3) is 0 Å². The van der Waals surface area contributed by atoms with Gasteiger partial charge >= 0.3 is 1.43 Å². The molecule has 0 aromatic heterocycles. The van der Waals surface area contributed by atoms with Gasteiger partial charge < -0.3 is 22.5 Å². The van der Waals surface area contributed by atoms with Gasteiger partial charge in [0, 0.05) is 12.8 Å². The molecule has 1 N–H and O–H groups in total. The van der Waals surface area contributed by atoms with Crippen molar-refractivity contribution in [3.63, 3.8) is 0 Å². The number of halogens is 1. The number of rotatable bonds is 0. The second-order valence-electron chi connectivity index (χ2n) is 4.63. The molecule has 3 rings (SSSR count). The molecule has 0 atom stereocenters. The average molecular weight is 254 g/mol. The zero-order valence-corrected chi connectivity index (χ0v) is 10.3. The van der Waals surface area contributed by atoms with Crippen LogP contribution in [0.5, 0.6) is 5.75 Å². The first-order valence-corrected chi connectivity index (χ1v) is 5.81. The summed E-state index contributed by atoms with van der Waals surface area (Å²) in [6.45, 7) is 1.88. The number of nitrogens with one attached hydrogen (secondary N) is 1. The number of hydrogen-bond donors (Lipinski definition) is 1. The molecule has 3 nitrogen and oxygen atoms in total. The van der Waals surface area contributed by atoms with Gasteiger partial charge in [0.15, 0.2) is 5.78 Å². The van der Waals surface area contributed by atoms with Crippen molar-refractivity contribution < 1.29 is 23.4 Å². The van der Waals surface area contributed by atoms with Crippen molar-refractivity contribution in [3.8, 4) is 5.75 Å². The van der Waals surface area contributed by atoms with Crippen molar-refractivity contribution in [2.45, 2.75) is 24.9 Å². The maximum atomic E-state index is 12.1. The molecule has 0 saturated carbocycles. The van der Waals surface area contributed by atoms with Gasteiger partial charge in [-0.2, -0.15) is 0 Å². The summed E-state index contributed by atoms with van der Waals surface area (Å²) < 4.78 is 6.07. The molecule has 1 aromatic rings. The van der Waals surface area contributed by atoms with Gasteiger partial charge in [0.1, 0.15) is 11.4 Å². The molecule has 0 amide bonds. The van der Waals surface area contributed by atoms with Gasteiger partial charge in [0.2, 0.25) is 0 Å². The predicted octanol–water partition coefficient (Wildman–Crippen LogP) is -1.11. The lowest BCUT2D eigenvalue weighted by Crippen LogP contribution is -3.00. The number of piperidine rings is 1. The van der Waals surface area contributed by atoms with E-state index in [4.69, 9.17) is 4.74 Å². The van der Waals surface area contributed by atoms with E-state index in [0.29, 0.717) is 6.42 Å². The van der Waals surface area contributed by atoms with Crippen molar-refractivity contribution >= 4 is 5.78 Å². The topological polar surface area (TPSA) is 38.3 Å². The molecule has 1 spiro atoms. The Morgan fingerprint density at radius 2 is 1.94 bits per heavy atom. The molecular formula is C13H16ClNO2. The van der Waals surface area contributed by atoms with E-state index < -0.39 is 0 Å². The molecule has 4 heteroatoms. The molecule has 17 heavy (non-hydrogen) atoms. The minimum Gasteiger partial charge on any atom is -1.00 e. The van der Waals surface area contributed by atoms with E-state index in [0.717, 1.165) is 37.2 Å². The van der Waals surface area contributed by atoms with Crippen LogP contribution in [0, 0.1) is 0 Å². The largest absolute Gasteiger partial charge is 1.00 e. The SMILES string of the molecule is O=C1CC2(CCNCC2)Oc2ccccc21.[Cl-].[H+]. The van der Waals surface area contributed by atoms with E-state index >= 15 is 0 Å². The Morgan fingerprint density at radius 3 is 2.71 bits per heavy atom. The van der Waals surface area contributed by atoms with Gasteiger partial charge in [-0.15, -0.1) is 0 Å². The number of fused-ring (bicyclic) bond motifs is 1. The smallest absolute Gasteiger partial charge is 1.00 e. The number of benzene rings is 1. The summed E-state index contributed by atoms with van der Waals surface area (Å²) in [7, 11) is 0. The van der Waals surface area contributed by atoms with Crippen LogP contribution in [0.1, 0.15) is 31.0 Å². The maximum absolute atomic E-state index is 12.1. The van der Waals surface area contributed by atoms with Gasteiger partial charge in [-0.25, -0.2) is 0 Å². The van der Waals surface area contributed by atoms with E-state index in [1.807, 2.05) is 24.3 Å². The van der Waals surface area contributed by atoms with E-state index in [-0.39, 0.29) is 25.2 Å². The highest BCUT2D eigenvalue weighted by Gasteiger charge is 2.41. The third-order valence-electron chi connectivity index (χ3n) is 3.51. The Hall–Kier alpha value is -1.06. The van der Waals surface area contributed by atoms with Crippen LogP contribution in [0.3, 0.4) is 0 Å². The number of carbonyl (C=O) groups is 1. The molecule has 1 aromatic carbocycles. The number of carbonyl (C=O) groups excluding carboxylic acids is 1. The zero-order chi connectivity index (χ0) is 11.0. The molecule has 2 aliphatic rings. The van der Waals surface area contributed by atoms with Crippen LogP contribution in [0.2, 0.25) is 0 Å². The number of para-hydroxylation sites is 1. The fraction of sp³-hybridized carbons (Fsp3) is 0.462. The molecular weight excluding hydrogens is 238 g/mol. The second kappa shape index (κ2) is 4.67. The van der Waals surface area contributed by atoms with Crippen molar-refractivity contribution in [1.29, 1.82) is 0 Å². The molecule has 1 fully saturated rings. The molecule has 0 aliphatic carbocycles. The molecule has 1 saturated heterocycles. The minimum atomic E-state index is -0.239. The Labute approximate surface area is 108 Å². The van der Waals surface area contributed by atoms with Crippen LogP contribution in [0.15, 0.2) is 24.3 Å². The number of Topliss-reactive ketones (excluding diaryl/α,β-unsaturated/α-hetero) is 1. The standard InChI is InChI=1S/C13H15NO2.ClH/c15-11-9-13(5-7-14-8-6-13)16-12-4-2-1-3-10(11)12;/h1-4,14H,5-9H2;1H. The third kappa shape index (κ3) is 2.17. The van der Waals surface area contributed by atoms with Crippen LogP contribution in [0.4, 0.5) is 0 Å². The quantitative estimate of drug-likeness (QED) is 0.637. The average Bonchev–Trinajstić information content (AvgIpc) is 2.30. The first-order chi connectivity index (χ1) is 7.79. The van der Waals surface area contributed by atoms with Crippen LogP contribution < -0.4 is 22.5 Å². The summed E-state index contributed by atoms with van der Waals surface area (Å²) in [6, 6.07) is 7.56. The number of hydrogen-bond acceptors (Lipinski definition) is 3. The highest BCUT2D eigenvalue weighted by molar-refractivity contribution is 6.00. The van der Waals surface area contributed by atoms with Crippen LogP contribution >= 0.6 is 0 Å². The summed E-state index contributed by atoms with van der Waals surface area (Å²) in [5.41, 5.74) is 0.503. The van der Waals surface area contributed by atoms with Crippen molar-refractivity contribution in [2.24, 2.45) is 0 Å². The van der Waals surface area contributed by atoms with Crippen molar-refractivity contribution in [1.82, 2.24) is 5.32 Å². The molecule has 0 bridgehead atoms. The van der Waals surface area contributed by atoms with Gasteiger partial charge in [-0.1, -0.05) is 12.1 Å². The van der Waals surface area contributed by atoms with Gasteiger partial charge in [-0.3, -0.25) is 4.79 Å². The molecule has 92 valence electrons. The monoisotopic (exact) mass is 253 g/mol. The van der Waals surface area contributed by atoms with E-state index in [2.05, 4.69) is 5.32 Å². The highest BCUT2D eigenvalue weighted by Crippen LogP contribution is 2.37. The first-order valence-electron chi connectivity index (χ1n) is 5.81. The summed E-state index contributed by atoms with van der Waals surface area (Å²) in [5, 5.41) is 3.30. The first kappa shape index (κ1) is 12.4.